The summed E-state index contributed by atoms with van der Waals surface area (Å²) in [6.45, 7) is 1.78. The maximum absolute atomic E-state index is 13.0. The van der Waals surface area contributed by atoms with Gasteiger partial charge in [-0.3, -0.25) is 23.9 Å². The number of carboxylic acids is 1. The predicted octanol–water partition coefficient (Wildman–Crippen LogP) is 3.82. The molecular formula is C27H28N4O5S. The van der Waals surface area contributed by atoms with Gasteiger partial charge in [0.1, 0.15) is 5.69 Å². The van der Waals surface area contributed by atoms with Gasteiger partial charge in [0.25, 0.3) is 5.56 Å². The topological polar surface area (TPSA) is 122 Å². The van der Waals surface area contributed by atoms with Gasteiger partial charge >= 0.3 is 5.97 Å². The van der Waals surface area contributed by atoms with Crippen molar-refractivity contribution >= 4 is 40.9 Å². The zero-order chi connectivity index (χ0) is 26.5. The molecular weight excluding hydrogens is 492 g/mol. The highest BCUT2D eigenvalue weighted by Gasteiger charge is 2.33. The number of rotatable bonds is 8. The number of nitrogens with one attached hydrogen (secondary N) is 2. The molecule has 1 aromatic heterocycles. The van der Waals surface area contributed by atoms with Crippen LogP contribution in [0.25, 0.3) is 5.69 Å². The lowest BCUT2D eigenvalue weighted by Crippen LogP contribution is -2.34. The molecule has 3 N–H and O–H groups in total. The van der Waals surface area contributed by atoms with Crippen molar-refractivity contribution < 1.29 is 19.5 Å². The van der Waals surface area contributed by atoms with Gasteiger partial charge in [-0.05, 0) is 56.2 Å². The third kappa shape index (κ3) is 5.86. The monoisotopic (exact) mass is 520 g/mol. The Kier molecular flexibility index (Phi) is 7.98. The summed E-state index contributed by atoms with van der Waals surface area (Å²) in [4.78, 5) is 50.5. The van der Waals surface area contributed by atoms with Gasteiger partial charge in [-0.2, -0.15) is 0 Å². The van der Waals surface area contributed by atoms with Gasteiger partial charge in [0.05, 0.1) is 29.0 Å². The minimum absolute atomic E-state index is 0.0967. The van der Waals surface area contributed by atoms with Crippen LogP contribution < -0.4 is 16.2 Å². The molecule has 10 heteroatoms. The normalized spacial score (nSPS) is 16.8. The molecule has 2 unspecified atom stereocenters. The van der Waals surface area contributed by atoms with Crippen LogP contribution in [0, 0.1) is 18.8 Å². The number of allylic oxidation sites excluding steroid dienone is 2. The number of para-hydroxylation sites is 1. The van der Waals surface area contributed by atoms with Crippen molar-refractivity contribution in [2.75, 3.05) is 16.4 Å². The van der Waals surface area contributed by atoms with Gasteiger partial charge in [-0.25, -0.2) is 4.68 Å². The summed E-state index contributed by atoms with van der Waals surface area (Å²) in [6.07, 6.45) is 4.36. The third-order valence-corrected chi connectivity index (χ3v) is 7.41. The molecule has 37 heavy (non-hydrogen) atoms. The molecule has 2 aromatic carbocycles. The number of amides is 2. The quantitative estimate of drug-likeness (QED) is 0.307. The van der Waals surface area contributed by atoms with Crippen molar-refractivity contribution in [3.05, 3.63) is 82.8 Å². The Bertz CT molecular complexity index is 1390. The summed E-state index contributed by atoms with van der Waals surface area (Å²) in [5, 5.41) is 14.9. The van der Waals surface area contributed by atoms with Crippen molar-refractivity contribution in [3.8, 4) is 5.69 Å². The number of hydrogen-bond acceptors (Lipinski definition) is 5. The van der Waals surface area contributed by atoms with Crippen LogP contribution in [0.2, 0.25) is 0 Å². The molecule has 0 aliphatic heterocycles. The molecule has 0 saturated carbocycles. The first kappa shape index (κ1) is 26.0. The Labute approximate surface area is 218 Å². The lowest BCUT2D eigenvalue weighted by atomic mass is 9.82. The fraction of sp³-hybridized carbons (Fsp3) is 0.259. The molecule has 2 atom stereocenters. The number of carboxylic acid groups (broad SMARTS) is 1. The first-order chi connectivity index (χ1) is 17.8. The molecule has 3 aromatic rings. The molecule has 1 heterocycles. The number of anilines is 2. The Morgan fingerprint density at radius 1 is 0.973 bits per heavy atom. The van der Waals surface area contributed by atoms with Crippen LogP contribution in [-0.2, 0) is 21.4 Å². The van der Waals surface area contributed by atoms with Gasteiger partial charge in [-0.15, -0.1) is 11.8 Å². The highest BCUT2D eigenvalue weighted by molar-refractivity contribution is 8.00. The lowest BCUT2D eigenvalue weighted by molar-refractivity contribution is -0.146. The van der Waals surface area contributed by atoms with Crippen molar-refractivity contribution in [1.82, 2.24) is 9.36 Å². The van der Waals surface area contributed by atoms with E-state index in [1.54, 1.807) is 49.0 Å². The second kappa shape index (κ2) is 11.3. The molecule has 0 bridgehead atoms. The van der Waals surface area contributed by atoms with E-state index in [-0.39, 0.29) is 28.8 Å². The van der Waals surface area contributed by atoms with Gasteiger partial charge in [0.2, 0.25) is 11.8 Å². The standard InChI is InChI=1S/C27H28N4O5S/c1-17-24(26(34)31(30(17)2)19-8-4-3-5-9-19)29-23(32)16-37-20-14-12-18(13-15-20)28-25(33)21-10-6-7-11-22(21)27(35)36/h3-9,12-15,21-22H,10-11,16H2,1-2H3,(H,28,33)(H,29,32)(H,35,36). The first-order valence-electron chi connectivity index (χ1n) is 11.8. The summed E-state index contributed by atoms with van der Waals surface area (Å²) in [5.74, 6) is -2.86. The largest absolute Gasteiger partial charge is 0.481 e. The van der Waals surface area contributed by atoms with E-state index in [2.05, 4.69) is 10.6 Å². The molecule has 0 radical (unpaired) electrons. The highest BCUT2D eigenvalue weighted by Crippen LogP contribution is 2.28. The highest BCUT2D eigenvalue weighted by atomic mass is 32.2. The minimum Gasteiger partial charge on any atom is -0.481 e. The van der Waals surface area contributed by atoms with Crippen LogP contribution in [0.4, 0.5) is 11.4 Å². The Balaban J connectivity index is 1.35. The summed E-state index contributed by atoms with van der Waals surface area (Å²) in [6, 6.07) is 16.2. The summed E-state index contributed by atoms with van der Waals surface area (Å²) >= 11 is 1.30. The first-order valence-corrected chi connectivity index (χ1v) is 12.8. The molecule has 9 nitrogen and oxygen atoms in total. The van der Waals surface area contributed by atoms with Crippen LogP contribution in [0.15, 0.2) is 76.4 Å². The lowest BCUT2D eigenvalue weighted by Gasteiger charge is -2.24. The van der Waals surface area contributed by atoms with Crippen LogP contribution in [0.5, 0.6) is 0 Å². The number of carbonyl (C=O) groups is 3. The van der Waals surface area contributed by atoms with E-state index in [0.29, 0.717) is 29.9 Å². The summed E-state index contributed by atoms with van der Waals surface area (Å²) in [7, 11) is 1.77. The second-order valence-corrected chi connectivity index (χ2v) is 9.83. The maximum atomic E-state index is 13.0. The molecule has 2 amide bonds. The summed E-state index contributed by atoms with van der Waals surface area (Å²) in [5.41, 5.74) is 1.85. The second-order valence-electron chi connectivity index (χ2n) is 8.78. The molecule has 4 rings (SSSR count). The van der Waals surface area contributed by atoms with E-state index in [9.17, 15) is 24.3 Å². The number of aliphatic carboxylic acids is 1. The fourth-order valence-electron chi connectivity index (χ4n) is 4.28. The van der Waals surface area contributed by atoms with Crippen molar-refractivity contribution in [1.29, 1.82) is 0 Å². The number of benzene rings is 2. The van der Waals surface area contributed by atoms with E-state index < -0.39 is 17.8 Å². The van der Waals surface area contributed by atoms with E-state index in [4.69, 9.17) is 0 Å². The van der Waals surface area contributed by atoms with Crippen LogP contribution in [0.1, 0.15) is 18.5 Å². The SMILES string of the molecule is Cc1c(NC(=O)CSc2ccc(NC(=O)C3CC=CCC3C(=O)O)cc2)c(=O)n(-c2ccccc2)n1C. The van der Waals surface area contributed by atoms with Crippen molar-refractivity contribution in [2.24, 2.45) is 18.9 Å². The number of hydrogen-bond donors (Lipinski definition) is 3. The van der Waals surface area contributed by atoms with E-state index in [0.717, 1.165) is 4.90 Å². The average molecular weight is 521 g/mol. The zero-order valence-corrected chi connectivity index (χ0v) is 21.3. The molecule has 0 saturated heterocycles. The van der Waals surface area contributed by atoms with Gasteiger partial charge in [0, 0.05) is 17.6 Å². The number of carbonyl (C=O) groups excluding carboxylic acids is 2. The summed E-state index contributed by atoms with van der Waals surface area (Å²) < 4.78 is 3.21. The molecule has 192 valence electrons. The Morgan fingerprint density at radius 2 is 1.62 bits per heavy atom. The van der Waals surface area contributed by atoms with Gasteiger partial charge in [-0.1, -0.05) is 30.4 Å². The maximum Gasteiger partial charge on any atom is 0.307 e. The fourth-order valence-corrected chi connectivity index (χ4v) is 4.98. The Hall–Kier alpha value is -4.05. The molecule has 0 spiro atoms. The number of aromatic nitrogens is 2. The van der Waals surface area contributed by atoms with E-state index >= 15 is 0 Å². The minimum atomic E-state index is -0.973. The van der Waals surface area contributed by atoms with Crippen LogP contribution in [-0.4, -0.2) is 38.0 Å². The van der Waals surface area contributed by atoms with Gasteiger partial charge in [0.15, 0.2) is 0 Å². The molecule has 1 aliphatic carbocycles. The van der Waals surface area contributed by atoms with Crippen molar-refractivity contribution in [3.63, 3.8) is 0 Å². The predicted molar refractivity (Wildman–Crippen MR) is 143 cm³/mol. The van der Waals surface area contributed by atoms with E-state index in [1.165, 1.54) is 16.4 Å². The average Bonchev–Trinajstić information content (AvgIpc) is 3.11. The molecule has 0 fully saturated rings. The van der Waals surface area contributed by atoms with Gasteiger partial charge < -0.3 is 15.7 Å². The number of thioether (sulfide) groups is 1. The smallest absolute Gasteiger partial charge is 0.307 e. The third-order valence-electron chi connectivity index (χ3n) is 6.40. The van der Waals surface area contributed by atoms with Crippen LogP contribution >= 0.6 is 11.8 Å². The van der Waals surface area contributed by atoms with Crippen LogP contribution in [0.3, 0.4) is 0 Å². The molecule has 1 aliphatic rings. The van der Waals surface area contributed by atoms with Crippen molar-refractivity contribution in [2.45, 2.75) is 24.7 Å². The zero-order valence-electron chi connectivity index (χ0n) is 20.5. The Morgan fingerprint density at radius 3 is 2.27 bits per heavy atom. The van der Waals surface area contributed by atoms with E-state index in [1.807, 2.05) is 36.4 Å². The number of nitrogens with zero attached hydrogens (tertiary/aromatic N) is 2.